The van der Waals surface area contributed by atoms with Gasteiger partial charge in [-0.3, -0.25) is 0 Å². The molecule has 0 bridgehead atoms. The third-order valence-corrected chi connectivity index (χ3v) is 4.25. The van der Waals surface area contributed by atoms with E-state index in [-0.39, 0.29) is 17.6 Å². The van der Waals surface area contributed by atoms with Gasteiger partial charge in [0.05, 0.1) is 0 Å². The van der Waals surface area contributed by atoms with Crippen LogP contribution in [0.4, 0.5) is 0 Å². The number of nitrogens with two attached hydrogens (primary N) is 1. The number of benzene rings is 1. The summed E-state index contributed by atoms with van der Waals surface area (Å²) >= 11 is 3.57. The molecule has 102 valence electrons. The van der Waals surface area contributed by atoms with Gasteiger partial charge in [0, 0.05) is 15.9 Å². The summed E-state index contributed by atoms with van der Waals surface area (Å²) < 4.78 is 7.25. The van der Waals surface area contributed by atoms with Gasteiger partial charge in [0.1, 0.15) is 11.9 Å². The Hall–Kier alpha value is -0.540. The highest BCUT2D eigenvalue weighted by atomic mass is 79.9. The van der Waals surface area contributed by atoms with E-state index in [1.807, 2.05) is 6.92 Å². The lowest BCUT2D eigenvalue weighted by Gasteiger charge is -2.34. The Morgan fingerprint density at radius 2 is 1.61 bits per heavy atom. The lowest BCUT2D eigenvalue weighted by molar-refractivity contribution is 0.0683. The molecule has 2 unspecified atom stereocenters. The minimum atomic E-state index is -0.00532. The summed E-state index contributed by atoms with van der Waals surface area (Å²) in [7, 11) is 0. The van der Waals surface area contributed by atoms with Crippen LogP contribution < -0.4 is 10.5 Å². The highest BCUT2D eigenvalue weighted by molar-refractivity contribution is 9.10. The first-order valence-electron chi connectivity index (χ1n) is 6.32. The first-order valence-corrected chi connectivity index (χ1v) is 7.11. The van der Waals surface area contributed by atoms with Crippen LogP contribution in [0.1, 0.15) is 38.8 Å². The van der Waals surface area contributed by atoms with Crippen LogP contribution in [0.2, 0.25) is 0 Å². The molecule has 0 saturated heterocycles. The van der Waals surface area contributed by atoms with Crippen molar-refractivity contribution in [3.63, 3.8) is 0 Å². The first-order chi connectivity index (χ1) is 8.12. The van der Waals surface area contributed by atoms with Gasteiger partial charge in [-0.05, 0) is 44.0 Å². The minimum absolute atomic E-state index is 0.00234. The number of ether oxygens (including phenoxy) is 1. The van der Waals surface area contributed by atoms with Crippen LogP contribution in [-0.2, 0) is 0 Å². The van der Waals surface area contributed by atoms with Gasteiger partial charge in [0.2, 0.25) is 0 Å². The monoisotopic (exact) mass is 313 g/mol. The molecule has 1 aromatic carbocycles. The molecule has 0 aliphatic heterocycles. The number of rotatable bonds is 3. The normalized spacial score (nSPS) is 15.3. The lowest BCUT2D eigenvalue weighted by Crippen LogP contribution is -2.45. The SMILES string of the molecule is Cc1cc(OC(C(C)N)C(C)(C)C)cc(C)c1Br. The van der Waals surface area contributed by atoms with Gasteiger partial charge in [-0.2, -0.15) is 0 Å². The van der Waals surface area contributed by atoms with Gasteiger partial charge in [-0.15, -0.1) is 0 Å². The summed E-state index contributed by atoms with van der Waals surface area (Å²) in [6.45, 7) is 12.6. The Labute approximate surface area is 119 Å². The van der Waals surface area contributed by atoms with Crippen LogP contribution in [0, 0.1) is 19.3 Å². The fraction of sp³-hybridized carbons (Fsp3) is 0.600. The minimum Gasteiger partial charge on any atom is -0.488 e. The summed E-state index contributed by atoms with van der Waals surface area (Å²) in [5.74, 6) is 0.894. The Morgan fingerprint density at radius 3 is 1.94 bits per heavy atom. The molecule has 1 rings (SSSR count). The zero-order valence-corrected chi connectivity index (χ0v) is 13.8. The number of hydrogen-bond donors (Lipinski definition) is 1. The number of hydrogen-bond acceptors (Lipinski definition) is 2. The number of aryl methyl sites for hydroxylation is 2. The predicted molar refractivity (Wildman–Crippen MR) is 81.1 cm³/mol. The van der Waals surface area contributed by atoms with Crippen LogP contribution in [0.15, 0.2) is 16.6 Å². The topological polar surface area (TPSA) is 35.2 Å². The summed E-state index contributed by atoms with van der Waals surface area (Å²) in [6, 6.07) is 4.10. The average molecular weight is 314 g/mol. The van der Waals surface area contributed by atoms with Crippen molar-refractivity contribution < 1.29 is 4.74 Å². The summed E-state index contributed by atoms with van der Waals surface area (Å²) in [4.78, 5) is 0. The molecule has 1 aromatic rings. The maximum atomic E-state index is 6.11. The smallest absolute Gasteiger partial charge is 0.120 e. The van der Waals surface area contributed by atoms with Crippen LogP contribution in [0.3, 0.4) is 0 Å². The molecule has 2 N–H and O–H groups in total. The van der Waals surface area contributed by atoms with Gasteiger partial charge in [-0.25, -0.2) is 0 Å². The summed E-state index contributed by atoms with van der Waals surface area (Å²) in [5, 5.41) is 0. The fourth-order valence-corrected chi connectivity index (χ4v) is 2.42. The molecule has 2 atom stereocenters. The fourth-order valence-electron chi connectivity index (χ4n) is 2.19. The van der Waals surface area contributed by atoms with Crippen LogP contribution in [-0.4, -0.2) is 12.1 Å². The molecule has 0 aliphatic carbocycles. The Kier molecular flexibility index (Phi) is 4.84. The van der Waals surface area contributed by atoms with Gasteiger partial charge >= 0.3 is 0 Å². The standard InChI is InChI=1S/C15H24BrNO/c1-9-7-12(8-10(2)13(9)16)18-14(11(3)17)15(4,5)6/h7-8,11,14H,17H2,1-6H3. The van der Waals surface area contributed by atoms with E-state index in [2.05, 4.69) is 62.7 Å². The van der Waals surface area contributed by atoms with E-state index >= 15 is 0 Å². The molecular weight excluding hydrogens is 290 g/mol. The van der Waals surface area contributed by atoms with E-state index in [0.29, 0.717) is 0 Å². The molecule has 0 saturated carbocycles. The van der Waals surface area contributed by atoms with Crippen molar-refractivity contribution in [2.45, 2.75) is 53.7 Å². The van der Waals surface area contributed by atoms with E-state index in [1.54, 1.807) is 0 Å². The van der Waals surface area contributed by atoms with Crippen molar-refractivity contribution in [3.8, 4) is 5.75 Å². The molecular formula is C15H24BrNO. The molecule has 18 heavy (non-hydrogen) atoms. The first kappa shape index (κ1) is 15.5. The van der Waals surface area contributed by atoms with Gasteiger partial charge in [0.15, 0.2) is 0 Å². The zero-order chi connectivity index (χ0) is 14.1. The average Bonchev–Trinajstić information content (AvgIpc) is 2.20. The second kappa shape index (κ2) is 5.62. The lowest BCUT2D eigenvalue weighted by atomic mass is 9.85. The number of halogens is 1. The van der Waals surface area contributed by atoms with Crippen molar-refractivity contribution in [1.82, 2.24) is 0 Å². The maximum Gasteiger partial charge on any atom is 0.120 e. The van der Waals surface area contributed by atoms with Crippen molar-refractivity contribution in [3.05, 3.63) is 27.7 Å². The van der Waals surface area contributed by atoms with Crippen LogP contribution in [0.5, 0.6) is 5.75 Å². The third kappa shape index (κ3) is 3.72. The summed E-state index contributed by atoms with van der Waals surface area (Å²) in [5.41, 5.74) is 8.42. The summed E-state index contributed by atoms with van der Waals surface area (Å²) in [6.07, 6.45) is -0.00234. The van der Waals surface area contributed by atoms with E-state index in [0.717, 1.165) is 10.2 Å². The second-order valence-corrected chi connectivity index (χ2v) is 6.93. The molecule has 0 fully saturated rings. The van der Waals surface area contributed by atoms with E-state index in [9.17, 15) is 0 Å². The van der Waals surface area contributed by atoms with E-state index in [1.165, 1.54) is 11.1 Å². The highest BCUT2D eigenvalue weighted by Crippen LogP contribution is 2.30. The largest absolute Gasteiger partial charge is 0.488 e. The van der Waals surface area contributed by atoms with Crippen molar-refractivity contribution in [1.29, 1.82) is 0 Å². The molecule has 0 heterocycles. The molecule has 0 spiro atoms. The van der Waals surface area contributed by atoms with Crippen molar-refractivity contribution in [2.75, 3.05) is 0 Å². The van der Waals surface area contributed by atoms with Gasteiger partial charge < -0.3 is 10.5 Å². The Morgan fingerprint density at radius 1 is 1.17 bits per heavy atom. The van der Waals surface area contributed by atoms with Crippen LogP contribution in [0.25, 0.3) is 0 Å². The van der Waals surface area contributed by atoms with E-state index in [4.69, 9.17) is 10.5 Å². The molecule has 0 aliphatic rings. The molecule has 0 radical (unpaired) electrons. The van der Waals surface area contributed by atoms with Crippen molar-refractivity contribution in [2.24, 2.45) is 11.1 Å². The molecule has 3 heteroatoms. The Balaban J connectivity index is 3.02. The quantitative estimate of drug-likeness (QED) is 0.907. The maximum absolute atomic E-state index is 6.11. The molecule has 2 nitrogen and oxygen atoms in total. The van der Waals surface area contributed by atoms with E-state index < -0.39 is 0 Å². The predicted octanol–water partition coefficient (Wildman–Crippen LogP) is 4.21. The van der Waals surface area contributed by atoms with Crippen molar-refractivity contribution >= 4 is 15.9 Å². The Bertz CT molecular complexity index is 398. The van der Waals surface area contributed by atoms with Crippen LogP contribution >= 0.6 is 15.9 Å². The van der Waals surface area contributed by atoms with Gasteiger partial charge in [-0.1, -0.05) is 36.7 Å². The second-order valence-electron chi connectivity index (χ2n) is 6.13. The third-order valence-electron chi connectivity index (χ3n) is 3.00. The molecule has 0 aromatic heterocycles. The molecule has 0 amide bonds. The zero-order valence-electron chi connectivity index (χ0n) is 12.2. The highest BCUT2D eigenvalue weighted by Gasteiger charge is 2.30. The van der Waals surface area contributed by atoms with Gasteiger partial charge in [0.25, 0.3) is 0 Å².